The van der Waals surface area contributed by atoms with Gasteiger partial charge >= 0.3 is 0 Å². The Balaban J connectivity index is 0.000000171. The van der Waals surface area contributed by atoms with Crippen LogP contribution in [0.25, 0.3) is 11.6 Å². The number of fused-ring (bicyclic) bond motifs is 1. The first kappa shape index (κ1) is 22.3. The van der Waals surface area contributed by atoms with Crippen molar-refractivity contribution in [1.82, 2.24) is 10.3 Å². The van der Waals surface area contributed by atoms with E-state index in [9.17, 15) is 18.7 Å². The second kappa shape index (κ2) is 8.42. The quantitative estimate of drug-likeness (QED) is 0.738. The Morgan fingerprint density at radius 3 is 2.63 bits per heavy atom. The van der Waals surface area contributed by atoms with E-state index in [0.29, 0.717) is 6.04 Å². The molecule has 2 heterocycles. The minimum atomic E-state index is -2.91. The van der Waals surface area contributed by atoms with Crippen molar-refractivity contribution in [2.45, 2.75) is 57.6 Å². The van der Waals surface area contributed by atoms with Gasteiger partial charge in [0.25, 0.3) is 5.92 Å². The van der Waals surface area contributed by atoms with Gasteiger partial charge in [0.1, 0.15) is 5.60 Å². The molecule has 2 saturated carbocycles. The number of Topliss-reactive ketones (excluding diaryl/α,β-unsaturated/α-hetero) is 1. The van der Waals surface area contributed by atoms with Crippen molar-refractivity contribution in [3.63, 3.8) is 0 Å². The van der Waals surface area contributed by atoms with Crippen LogP contribution in [0.3, 0.4) is 0 Å². The molecule has 0 spiro atoms. The minimum Gasteiger partial charge on any atom is -0.384 e. The first-order valence-electron chi connectivity index (χ1n) is 10.4. The maximum absolute atomic E-state index is 13.5. The molecule has 0 aromatic carbocycles. The van der Waals surface area contributed by atoms with E-state index in [2.05, 4.69) is 35.9 Å². The lowest BCUT2D eigenvalue weighted by Gasteiger charge is -2.42. The zero-order chi connectivity index (χ0) is 22.1. The molecule has 1 aromatic rings. The maximum atomic E-state index is 13.5. The molecule has 2 N–H and O–H groups in total. The van der Waals surface area contributed by atoms with Crippen LogP contribution in [0, 0.1) is 17.8 Å². The third-order valence-corrected chi connectivity index (χ3v) is 6.64. The number of halogens is 2. The first-order chi connectivity index (χ1) is 14.1. The summed E-state index contributed by atoms with van der Waals surface area (Å²) in [7, 11) is 0. The van der Waals surface area contributed by atoms with E-state index in [1.54, 1.807) is 6.08 Å². The van der Waals surface area contributed by atoms with Crippen molar-refractivity contribution < 1.29 is 18.7 Å². The molecule has 1 aromatic heterocycles. The lowest BCUT2D eigenvalue weighted by atomic mass is 9.69. The number of nitrogens with one attached hydrogen (secondary N) is 1. The Kier molecular flexibility index (Phi) is 6.27. The van der Waals surface area contributed by atoms with E-state index < -0.39 is 29.6 Å². The molecule has 0 amide bonds. The monoisotopic (exact) mass is 416 g/mol. The summed E-state index contributed by atoms with van der Waals surface area (Å²) >= 11 is 0. The Hall–Kier alpha value is -2.34. The smallest absolute Gasteiger partial charge is 0.253 e. The van der Waals surface area contributed by atoms with Crippen LogP contribution >= 0.6 is 0 Å². The van der Waals surface area contributed by atoms with E-state index in [0.717, 1.165) is 11.3 Å². The highest BCUT2D eigenvalue weighted by Crippen LogP contribution is 2.53. The van der Waals surface area contributed by atoms with Crippen molar-refractivity contribution in [2.75, 3.05) is 0 Å². The van der Waals surface area contributed by atoms with Gasteiger partial charge in [-0.25, -0.2) is 8.78 Å². The highest BCUT2D eigenvalue weighted by Gasteiger charge is 2.62. The highest BCUT2D eigenvalue weighted by atomic mass is 19.3. The van der Waals surface area contributed by atoms with Crippen molar-refractivity contribution in [3.05, 3.63) is 54.5 Å². The largest absolute Gasteiger partial charge is 0.384 e. The molecule has 0 radical (unpaired) electrons. The van der Waals surface area contributed by atoms with Crippen LogP contribution in [0.15, 0.2) is 43.3 Å². The third-order valence-electron chi connectivity index (χ3n) is 6.64. The van der Waals surface area contributed by atoms with E-state index in [4.69, 9.17) is 0 Å². The number of dihydropyridines is 1. The summed E-state index contributed by atoms with van der Waals surface area (Å²) in [6, 6.07) is 4.40. The fourth-order valence-corrected chi connectivity index (χ4v) is 4.66. The van der Waals surface area contributed by atoms with Gasteiger partial charge in [-0.1, -0.05) is 32.6 Å². The second-order valence-corrected chi connectivity index (χ2v) is 8.76. The third kappa shape index (κ3) is 4.24. The molecule has 2 aliphatic carbocycles. The molecule has 30 heavy (non-hydrogen) atoms. The number of alkyl halides is 2. The standard InChI is InChI=1S/C13H14N2.C11H16F2O2/c1-3-12-7-6-11(9-15-12)13-5-4-8-14-10(13)2;1-6-3-9(14)10(15)5-11(12,13)7(2)4-8(6)10/h3-10,14H,1H2,2H3;6-8,15H,3-5H2,1-2H3. The van der Waals surface area contributed by atoms with E-state index in [-0.39, 0.29) is 24.7 Å². The molecular weight excluding hydrogens is 386 g/mol. The summed E-state index contributed by atoms with van der Waals surface area (Å²) in [5.41, 5.74) is 1.58. The fraction of sp³-hybridized carbons (Fsp3) is 0.500. The van der Waals surface area contributed by atoms with Gasteiger partial charge in [-0.15, -0.1) is 0 Å². The predicted octanol–water partition coefficient (Wildman–Crippen LogP) is 4.62. The molecule has 4 nitrogen and oxygen atoms in total. The van der Waals surface area contributed by atoms with Gasteiger partial charge in [0.15, 0.2) is 5.78 Å². The Morgan fingerprint density at radius 2 is 2.03 bits per heavy atom. The number of carbonyl (C=O) groups excluding carboxylic acids is 1. The first-order valence-corrected chi connectivity index (χ1v) is 10.4. The molecule has 1 aliphatic heterocycles. The number of aromatic nitrogens is 1. The van der Waals surface area contributed by atoms with Gasteiger partial charge in [0.05, 0.1) is 5.69 Å². The van der Waals surface area contributed by atoms with Gasteiger partial charge < -0.3 is 10.4 Å². The number of pyridine rings is 1. The van der Waals surface area contributed by atoms with Gasteiger partial charge in [-0.2, -0.15) is 0 Å². The number of allylic oxidation sites excluding steroid dienone is 2. The lowest BCUT2D eigenvalue weighted by Crippen LogP contribution is -2.53. The van der Waals surface area contributed by atoms with Crippen molar-refractivity contribution in [2.24, 2.45) is 17.8 Å². The van der Waals surface area contributed by atoms with Gasteiger partial charge in [0.2, 0.25) is 0 Å². The molecule has 0 bridgehead atoms. The van der Waals surface area contributed by atoms with Crippen LogP contribution in [0.5, 0.6) is 0 Å². The molecule has 162 valence electrons. The summed E-state index contributed by atoms with van der Waals surface area (Å²) in [5.74, 6) is -4.30. The van der Waals surface area contributed by atoms with E-state index in [1.165, 1.54) is 12.5 Å². The summed E-state index contributed by atoms with van der Waals surface area (Å²) in [6.45, 7) is 9.18. The molecule has 0 saturated heterocycles. The summed E-state index contributed by atoms with van der Waals surface area (Å²) in [5, 5.41) is 13.3. The predicted molar refractivity (Wildman–Crippen MR) is 115 cm³/mol. The lowest BCUT2D eigenvalue weighted by molar-refractivity contribution is -0.181. The minimum absolute atomic E-state index is 0.0288. The van der Waals surface area contributed by atoms with Crippen LogP contribution in [0.1, 0.15) is 51.3 Å². The second-order valence-electron chi connectivity index (χ2n) is 8.76. The molecular formula is C24H30F2N2O2. The topological polar surface area (TPSA) is 62.2 Å². The van der Waals surface area contributed by atoms with Crippen LogP contribution in [-0.4, -0.2) is 33.4 Å². The maximum Gasteiger partial charge on any atom is 0.253 e. The van der Waals surface area contributed by atoms with Crippen molar-refractivity contribution >= 4 is 17.4 Å². The average molecular weight is 417 g/mol. The molecule has 5 atom stereocenters. The molecule has 5 unspecified atom stereocenters. The van der Waals surface area contributed by atoms with Crippen molar-refractivity contribution in [1.29, 1.82) is 0 Å². The number of hydrogen-bond acceptors (Lipinski definition) is 4. The van der Waals surface area contributed by atoms with E-state index >= 15 is 0 Å². The Bertz CT molecular complexity index is 862. The summed E-state index contributed by atoms with van der Waals surface area (Å²) < 4.78 is 26.9. The van der Waals surface area contributed by atoms with Gasteiger partial charge in [-0.3, -0.25) is 9.78 Å². The average Bonchev–Trinajstić information content (AvgIpc) is 2.91. The number of ketones is 1. The number of aliphatic hydroxyl groups is 1. The van der Waals surface area contributed by atoms with Gasteiger partial charge in [-0.05, 0) is 60.7 Å². The number of hydrogen-bond donors (Lipinski definition) is 2. The van der Waals surface area contributed by atoms with Crippen LogP contribution in [0.2, 0.25) is 0 Å². The normalized spacial score (nSPS) is 34.2. The molecule has 4 rings (SSSR count). The van der Waals surface area contributed by atoms with E-state index in [1.807, 2.05) is 31.5 Å². The van der Waals surface area contributed by atoms with Crippen LogP contribution in [-0.2, 0) is 4.79 Å². The zero-order valence-corrected chi connectivity index (χ0v) is 17.7. The number of nitrogens with zero attached hydrogens (tertiary/aromatic N) is 1. The molecule has 3 aliphatic rings. The number of carbonyl (C=O) groups is 1. The molecule has 6 heteroatoms. The van der Waals surface area contributed by atoms with Crippen LogP contribution < -0.4 is 5.32 Å². The van der Waals surface area contributed by atoms with Crippen LogP contribution in [0.4, 0.5) is 8.78 Å². The summed E-state index contributed by atoms with van der Waals surface area (Å²) in [6.07, 6.45) is 9.53. The highest BCUT2D eigenvalue weighted by molar-refractivity contribution is 5.90. The SMILES string of the molecule is C=Cc1ccc(C2=CC=CNC2C)cn1.CC1CC(=O)C2(O)CC(F)(F)C(C)CC12. The Labute approximate surface area is 176 Å². The van der Waals surface area contributed by atoms with Gasteiger partial charge in [0, 0.05) is 31.0 Å². The Morgan fingerprint density at radius 1 is 1.30 bits per heavy atom. The molecule has 2 fully saturated rings. The fourth-order valence-electron chi connectivity index (χ4n) is 4.66. The summed E-state index contributed by atoms with van der Waals surface area (Å²) in [4.78, 5) is 15.8. The zero-order valence-electron chi connectivity index (χ0n) is 17.7. The number of rotatable bonds is 2. The van der Waals surface area contributed by atoms with Crippen molar-refractivity contribution in [3.8, 4) is 0 Å².